The second-order valence-electron chi connectivity index (χ2n) is 16.0. The van der Waals surface area contributed by atoms with Crippen LogP contribution >= 0.6 is 0 Å². The lowest BCUT2D eigenvalue weighted by atomic mass is 9.82. The van der Waals surface area contributed by atoms with Crippen LogP contribution in [-0.2, 0) is 5.41 Å². The fourth-order valence-electron chi connectivity index (χ4n) is 9.39. The van der Waals surface area contributed by atoms with E-state index in [-0.39, 0.29) is 5.41 Å². The van der Waals surface area contributed by atoms with Gasteiger partial charge in [-0.2, -0.15) is 0 Å². The third kappa shape index (κ3) is 5.08. The number of hydrogen-bond acceptors (Lipinski definition) is 4. The Morgan fingerprint density at radius 1 is 0.390 bits per heavy atom. The highest BCUT2D eigenvalue weighted by molar-refractivity contribution is 6.14. The first kappa shape index (κ1) is 33.5. The molecule has 3 aromatic heterocycles. The maximum atomic E-state index is 6.91. The van der Waals surface area contributed by atoms with Crippen molar-refractivity contribution in [2.75, 3.05) is 0 Å². The molecule has 0 bridgehead atoms. The Hall–Kier alpha value is -7.63. The first-order chi connectivity index (χ1) is 29.0. The van der Waals surface area contributed by atoms with Crippen molar-refractivity contribution < 1.29 is 4.42 Å². The average molecular weight is 757 g/mol. The van der Waals surface area contributed by atoms with Gasteiger partial charge in [0.15, 0.2) is 23.1 Å². The molecule has 278 valence electrons. The van der Waals surface area contributed by atoms with Gasteiger partial charge in [0.1, 0.15) is 5.58 Å². The molecule has 0 radical (unpaired) electrons. The van der Waals surface area contributed by atoms with Gasteiger partial charge < -0.3 is 8.98 Å². The Morgan fingerprint density at radius 2 is 0.949 bits per heavy atom. The molecular formula is C54H36N4O. The van der Waals surface area contributed by atoms with Crippen molar-refractivity contribution in [2.45, 2.75) is 19.3 Å². The van der Waals surface area contributed by atoms with E-state index in [0.29, 0.717) is 17.5 Å². The predicted molar refractivity (Wildman–Crippen MR) is 241 cm³/mol. The molecule has 59 heavy (non-hydrogen) atoms. The van der Waals surface area contributed by atoms with E-state index in [0.717, 1.165) is 77.2 Å². The quantitative estimate of drug-likeness (QED) is 0.175. The normalized spacial score (nSPS) is 13.1. The topological polar surface area (TPSA) is 56.7 Å². The van der Waals surface area contributed by atoms with Crippen LogP contribution in [0.15, 0.2) is 186 Å². The third-order valence-electron chi connectivity index (χ3n) is 12.3. The van der Waals surface area contributed by atoms with E-state index >= 15 is 0 Å². The number of nitrogens with zero attached hydrogens (tertiary/aromatic N) is 4. The molecule has 1 aliphatic rings. The molecule has 0 saturated carbocycles. The summed E-state index contributed by atoms with van der Waals surface area (Å²) in [6.07, 6.45) is 0. The van der Waals surface area contributed by atoms with E-state index in [1.54, 1.807) is 0 Å². The van der Waals surface area contributed by atoms with Crippen LogP contribution in [-0.4, -0.2) is 19.5 Å². The lowest BCUT2D eigenvalue weighted by Crippen LogP contribution is -2.15. The summed E-state index contributed by atoms with van der Waals surface area (Å²) in [6, 6.07) is 64.1. The van der Waals surface area contributed by atoms with Crippen molar-refractivity contribution in [3.8, 4) is 62.1 Å². The first-order valence-corrected chi connectivity index (χ1v) is 20.1. The number of fused-ring (bicyclic) bond motifs is 9. The second kappa shape index (κ2) is 12.7. The van der Waals surface area contributed by atoms with Gasteiger partial charge in [0.25, 0.3) is 0 Å². The molecule has 12 rings (SSSR count). The molecule has 0 saturated heterocycles. The zero-order valence-corrected chi connectivity index (χ0v) is 32.5. The van der Waals surface area contributed by atoms with Crippen molar-refractivity contribution in [2.24, 2.45) is 0 Å². The predicted octanol–water partition coefficient (Wildman–Crippen LogP) is 13.8. The molecule has 5 heteroatoms. The van der Waals surface area contributed by atoms with Crippen LogP contribution in [0.3, 0.4) is 0 Å². The van der Waals surface area contributed by atoms with Gasteiger partial charge >= 0.3 is 0 Å². The van der Waals surface area contributed by atoms with Crippen LogP contribution in [0, 0.1) is 0 Å². The van der Waals surface area contributed by atoms with Crippen molar-refractivity contribution in [1.29, 1.82) is 0 Å². The lowest BCUT2D eigenvalue weighted by Gasteiger charge is -2.21. The first-order valence-electron chi connectivity index (χ1n) is 20.1. The van der Waals surface area contributed by atoms with Gasteiger partial charge in [0.2, 0.25) is 0 Å². The summed E-state index contributed by atoms with van der Waals surface area (Å²) in [6.45, 7) is 4.61. The van der Waals surface area contributed by atoms with Crippen LogP contribution < -0.4 is 0 Å². The molecule has 3 heterocycles. The van der Waals surface area contributed by atoms with E-state index in [9.17, 15) is 0 Å². The van der Waals surface area contributed by atoms with Crippen LogP contribution in [0.4, 0.5) is 0 Å². The highest BCUT2D eigenvalue weighted by Crippen LogP contribution is 2.49. The summed E-state index contributed by atoms with van der Waals surface area (Å²) in [7, 11) is 0. The van der Waals surface area contributed by atoms with Gasteiger partial charge in [-0.25, -0.2) is 15.0 Å². The fraction of sp³-hybridized carbons (Fsp3) is 0.0556. The molecule has 11 aromatic rings. The van der Waals surface area contributed by atoms with Crippen LogP contribution in [0.1, 0.15) is 25.0 Å². The minimum atomic E-state index is -0.143. The molecule has 0 amide bonds. The van der Waals surface area contributed by atoms with E-state index in [4.69, 9.17) is 19.4 Å². The Bertz CT molecular complexity index is 3470. The van der Waals surface area contributed by atoms with Gasteiger partial charge in [0.05, 0.1) is 16.7 Å². The smallest absolute Gasteiger partial charge is 0.164 e. The maximum absolute atomic E-state index is 6.91. The zero-order chi connectivity index (χ0) is 39.2. The number of furan rings is 1. The minimum Gasteiger partial charge on any atom is -0.453 e. The number of hydrogen-bond donors (Lipinski definition) is 0. The van der Waals surface area contributed by atoms with Gasteiger partial charge in [-0.05, 0) is 64.2 Å². The molecular weight excluding hydrogens is 721 g/mol. The van der Waals surface area contributed by atoms with Gasteiger partial charge in [-0.15, -0.1) is 0 Å². The molecule has 8 aromatic carbocycles. The molecule has 0 fully saturated rings. The summed E-state index contributed by atoms with van der Waals surface area (Å²) >= 11 is 0. The minimum absolute atomic E-state index is 0.143. The highest BCUT2D eigenvalue weighted by atomic mass is 16.3. The highest BCUT2D eigenvalue weighted by Gasteiger charge is 2.35. The summed E-state index contributed by atoms with van der Waals surface area (Å²) in [4.78, 5) is 15.5. The zero-order valence-electron chi connectivity index (χ0n) is 32.5. The van der Waals surface area contributed by atoms with Crippen LogP contribution in [0.25, 0.3) is 106 Å². The van der Waals surface area contributed by atoms with Gasteiger partial charge in [-0.1, -0.05) is 159 Å². The number of para-hydroxylation sites is 3. The maximum Gasteiger partial charge on any atom is 0.164 e. The third-order valence-corrected chi connectivity index (χ3v) is 12.3. The largest absolute Gasteiger partial charge is 0.453 e. The van der Waals surface area contributed by atoms with E-state index in [2.05, 4.69) is 176 Å². The number of rotatable bonds is 5. The Morgan fingerprint density at radius 3 is 1.75 bits per heavy atom. The summed E-state index contributed by atoms with van der Waals surface area (Å²) < 4.78 is 9.24. The van der Waals surface area contributed by atoms with Crippen molar-refractivity contribution in [3.05, 3.63) is 193 Å². The van der Waals surface area contributed by atoms with Crippen molar-refractivity contribution >= 4 is 43.7 Å². The van der Waals surface area contributed by atoms with Crippen molar-refractivity contribution in [1.82, 2.24) is 19.5 Å². The molecule has 5 nitrogen and oxygen atoms in total. The second-order valence-corrected chi connectivity index (χ2v) is 16.0. The Labute approximate surface area is 340 Å². The van der Waals surface area contributed by atoms with Crippen molar-refractivity contribution in [3.63, 3.8) is 0 Å². The van der Waals surface area contributed by atoms with E-state index in [1.165, 1.54) is 22.3 Å². The van der Waals surface area contributed by atoms with Crippen LogP contribution in [0.2, 0.25) is 0 Å². The molecule has 0 aliphatic heterocycles. The summed E-state index contributed by atoms with van der Waals surface area (Å²) in [5.74, 6) is 1.92. The fourth-order valence-corrected chi connectivity index (χ4v) is 9.39. The van der Waals surface area contributed by atoms with Gasteiger partial charge in [0, 0.05) is 49.2 Å². The SMILES string of the molecule is CC1(C)c2ccccc2-c2ccc(-c3nc(-c4ccccc4)nc(-c4ccc5c(c4)c4ccccc4n5-c4cccc5c4oc4c(-c6ccccc6)cccc45)n3)cc21. The molecule has 0 unspecified atom stereocenters. The monoisotopic (exact) mass is 756 g/mol. The van der Waals surface area contributed by atoms with Crippen LogP contribution in [0.5, 0.6) is 0 Å². The Kier molecular flexibility index (Phi) is 7.20. The lowest BCUT2D eigenvalue weighted by molar-refractivity contribution is 0.660. The van der Waals surface area contributed by atoms with Gasteiger partial charge in [-0.3, -0.25) is 0 Å². The number of aromatic nitrogens is 4. The molecule has 1 aliphatic carbocycles. The molecule has 0 atom stereocenters. The molecule has 0 N–H and O–H groups in total. The van der Waals surface area contributed by atoms with E-state index < -0.39 is 0 Å². The summed E-state index contributed by atoms with van der Waals surface area (Å²) in [5, 5.41) is 4.43. The standard InChI is InChI=1S/C54H36N4O/c1-54(2)44-24-11-9-19-38(44)39-29-27-36(32-45(39)54)53-56-51(34-17-7-4-8-18-34)55-52(57-53)35-28-30-47-43(31-35)40-20-10-12-25-46(40)58(47)48-26-14-23-42-41-22-13-21-37(49(41)59-50(42)48)33-15-5-3-6-16-33/h3-32H,1-2H3. The number of benzene rings is 8. The average Bonchev–Trinajstić information content (AvgIpc) is 3.92. The summed E-state index contributed by atoms with van der Waals surface area (Å²) in [5.41, 5.74) is 15.0. The van der Waals surface area contributed by atoms with E-state index in [1.807, 2.05) is 24.3 Å². The molecule has 0 spiro atoms. The Balaban J connectivity index is 1.04.